The molecule has 178 valence electrons. The van der Waals surface area contributed by atoms with Gasteiger partial charge in [-0.05, 0) is 35.9 Å². The number of nitrogens with zero attached hydrogens (tertiary/aromatic N) is 2. The van der Waals surface area contributed by atoms with Crippen molar-refractivity contribution in [1.82, 2.24) is 10.2 Å². The lowest BCUT2D eigenvalue weighted by Gasteiger charge is -2.25. The van der Waals surface area contributed by atoms with Gasteiger partial charge in [0.1, 0.15) is 11.6 Å². The Hall–Kier alpha value is -4.85. The Morgan fingerprint density at radius 1 is 1.17 bits per heavy atom. The Bertz CT molecular complexity index is 1390. The lowest BCUT2D eigenvalue weighted by Crippen LogP contribution is -2.21. The molecule has 1 atom stereocenters. The van der Waals surface area contributed by atoms with Gasteiger partial charge in [0, 0.05) is 12.5 Å². The molecule has 0 saturated carbocycles. The summed E-state index contributed by atoms with van der Waals surface area (Å²) in [5, 5.41) is 17.3. The maximum atomic E-state index is 11.6. The van der Waals surface area contributed by atoms with Crippen molar-refractivity contribution < 1.29 is 33.2 Å². The smallest absolute Gasteiger partial charge is 0.308 e. The van der Waals surface area contributed by atoms with E-state index in [1.54, 1.807) is 18.2 Å². The van der Waals surface area contributed by atoms with Crippen molar-refractivity contribution in [3.8, 4) is 52.0 Å². The van der Waals surface area contributed by atoms with Crippen molar-refractivity contribution in [3.05, 3.63) is 52.9 Å². The zero-order valence-electron chi connectivity index (χ0n) is 19.0. The third-order valence-corrected chi connectivity index (χ3v) is 5.66. The van der Waals surface area contributed by atoms with Gasteiger partial charge in [-0.15, -0.1) is 5.10 Å². The van der Waals surface area contributed by atoms with Crippen LogP contribution in [0, 0.1) is 11.3 Å². The third-order valence-electron chi connectivity index (χ3n) is 5.66. The summed E-state index contributed by atoms with van der Waals surface area (Å²) in [6.45, 7) is 1.41. The predicted octanol–water partition coefficient (Wildman–Crippen LogP) is 2.97. The molecule has 5 rings (SSSR count). The monoisotopic (exact) mass is 476 g/mol. The fourth-order valence-corrected chi connectivity index (χ4v) is 4.16. The van der Waals surface area contributed by atoms with Gasteiger partial charge >= 0.3 is 5.97 Å². The summed E-state index contributed by atoms with van der Waals surface area (Å²) >= 11 is 0. The molecule has 11 nitrogen and oxygen atoms in total. The van der Waals surface area contributed by atoms with Gasteiger partial charge in [-0.25, -0.2) is 0 Å². The summed E-state index contributed by atoms with van der Waals surface area (Å²) in [6.07, 6.45) is 0. The van der Waals surface area contributed by atoms with Gasteiger partial charge in [0.2, 0.25) is 24.3 Å². The van der Waals surface area contributed by atoms with Crippen LogP contribution in [0.2, 0.25) is 0 Å². The molecule has 3 heterocycles. The predicted molar refractivity (Wildman–Crippen MR) is 120 cm³/mol. The Morgan fingerprint density at radius 3 is 2.54 bits per heavy atom. The van der Waals surface area contributed by atoms with Crippen molar-refractivity contribution >= 4 is 5.97 Å². The second-order valence-electron chi connectivity index (χ2n) is 7.66. The first kappa shape index (κ1) is 22.0. The third kappa shape index (κ3) is 3.61. The molecule has 2 aliphatic rings. The topological polar surface area (TPSA) is 151 Å². The number of aromatic nitrogens is 2. The highest BCUT2D eigenvalue weighted by Crippen LogP contribution is 2.50. The second-order valence-corrected chi connectivity index (χ2v) is 7.66. The number of nitrogens with one attached hydrogen (secondary N) is 1. The van der Waals surface area contributed by atoms with Gasteiger partial charge in [-0.2, -0.15) is 5.26 Å². The summed E-state index contributed by atoms with van der Waals surface area (Å²) in [5.41, 5.74) is 8.79. The van der Waals surface area contributed by atoms with Crippen LogP contribution in [0.15, 0.2) is 41.8 Å². The molecule has 1 unspecified atom stereocenters. The van der Waals surface area contributed by atoms with Crippen LogP contribution in [-0.4, -0.2) is 37.2 Å². The van der Waals surface area contributed by atoms with Crippen molar-refractivity contribution in [1.29, 1.82) is 5.26 Å². The number of esters is 1. The number of aromatic amines is 1. The van der Waals surface area contributed by atoms with Crippen molar-refractivity contribution in [2.75, 3.05) is 21.0 Å². The molecule has 2 aromatic carbocycles. The zero-order chi connectivity index (χ0) is 24.7. The van der Waals surface area contributed by atoms with Crippen molar-refractivity contribution in [2.24, 2.45) is 5.73 Å². The normalized spacial score (nSPS) is 15.7. The average Bonchev–Trinajstić information content (AvgIpc) is 3.49. The number of nitriles is 1. The van der Waals surface area contributed by atoms with Gasteiger partial charge in [0.15, 0.2) is 23.0 Å². The Kier molecular flexibility index (Phi) is 5.33. The number of carbonyl (C=O) groups is 1. The summed E-state index contributed by atoms with van der Waals surface area (Å²) in [6, 6.07) is 10.9. The number of fused-ring (bicyclic) bond motifs is 2. The number of benzene rings is 2. The van der Waals surface area contributed by atoms with E-state index < -0.39 is 11.9 Å². The number of hydrogen-bond donors (Lipinski definition) is 2. The summed E-state index contributed by atoms with van der Waals surface area (Å²) < 4.78 is 32.9. The first-order valence-corrected chi connectivity index (χ1v) is 10.4. The van der Waals surface area contributed by atoms with E-state index in [2.05, 4.69) is 16.3 Å². The van der Waals surface area contributed by atoms with E-state index in [0.29, 0.717) is 28.3 Å². The largest absolute Gasteiger partial charge is 0.493 e. The van der Waals surface area contributed by atoms with Crippen LogP contribution in [0.4, 0.5) is 0 Å². The molecular weight excluding hydrogens is 456 g/mol. The van der Waals surface area contributed by atoms with E-state index in [4.69, 9.17) is 34.2 Å². The number of carbonyl (C=O) groups excluding carboxylic acids is 1. The summed E-state index contributed by atoms with van der Waals surface area (Å²) in [7, 11) is 2.87. The lowest BCUT2D eigenvalue weighted by atomic mass is 9.82. The maximum absolute atomic E-state index is 11.6. The SMILES string of the molecule is COc1cc(C2C(C#N)=C(N)Oc3n[nH]c(-c4ccc5c(c4)OCO5)c32)cc(OC)c1OC(C)=O. The molecule has 0 fully saturated rings. The molecule has 0 amide bonds. The van der Waals surface area contributed by atoms with E-state index in [1.165, 1.54) is 21.1 Å². The Morgan fingerprint density at radius 2 is 1.89 bits per heavy atom. The van der Waals surface area contributed by atoms with E-state index >= 15 is 0 Å². The molecule has 1 aromatic heterocycles. The van der Waals surface area contributed by atoms with Crippen LogP contribution in [0.5, 0.6) is 34.6 Å². The quantitative estimate of drug-likeness (QED) is 0.415. The molecule has 11 heteroatoms. The minimum absolute atomic E-state index is 0.0734. The van der Waals surface area contributed by atoms with Gasteiger partial charge in [0.25, 0.3) is 0 Å². The first-order valence-electron chi connectivity index (χ1n) is 10.4. The van der Waals surface area contributed by atoms with Gasteiger partial charge in [0.05, 0.1) is 31.4 Å². The highest BCUT2D eigenvalue weighted by atomic mass is 16.7. The van der Waals surface area contributed by atoms with E-state index in [-0.39, 0.29) is 41.4 Å². The summed E-state index contributed by atoms with van der Waals surface area (Å²) in [5.74, 6) is 0.741. The number of ether oxygens (including phenoxy) is 6. The molecule has 2 aliphatic heterocycles. The van der Waals surface area contributed by atoms with Crippen LogP contribution in [0.25, 0.3) is 11.3 Å². The second kappa shape index (κ2) is 8.49. The minimum atomic E-state index is -0.697. The standard InChI is InChI=1S/C24H20N4O7/c1-11(29)34-22-17(30-2)7-13(8-18(22)31-3)19-14(9-25)23(26)35-24-20(19)21(27-28-24)12-4-5-15-16(6-12)33-10-32-15/h4-8,19H,10,26H2,1-3H3,(H,27,28). The Balaban J connectivity index is 1.71. The number of rotatable bonds is 5. The van der Waals surface area contributed by atoms with Crippen LogP contribution in [-0.2, 0) is 4.79 Å². The zero-order valence-corrected chi connectivity index (χ0v) is 19.0. The van der Waals surface area contributed by atoms with Crippen LogP contribution < -0.4 is 34.2 Å². The highest BCUT2D eigenvalue weighted by molar-refractivity contribution is 5.75. The van der Waals surface area contributed by atoms with E-state index in [0.717, 1.165) is 5.56 Å². The summed E-state index contributed by atoms with van der Waals surface area (Å²) in [4.78, 5) is 11.6. The molecule has 0 bridgehead atoms. The number of hydrogen-bond acceptors (Lipinski definition) is 10. The van der Waals surface area contributed by atoms with Crippen LogP contribution in [0.1, 0.15) is 24.0 Å². The minimum Gasteiger partial charge on any atom is -0.493 e. The van der Waals surface area contributed by atoms with Crippen LogP contribution >= 0.6 is 0 Å². The molecule has 3 N–H and O–H groups in total. The molecule has 0 radical (unpaired) electrons. The number of H-pyrrole nitrogens is 1. The van der Waals surface area contributed by atoms with Gasteiger partial charge in [-0.1, -0.05) is 0 Å². The molecule has 35 heavy (non-hydrogen) atoms. The fraction of sp³-hybridized carbons (Fsp3) is 0.208. The molecular formula is C24H20N4O7. The van der Waals surface area contributed by atoms with Crippen LogP contribution in [0.3, 0.4) is 0 Å². The first-order chi connectivity index (χ1) is 16.9. The Labute approximate surface area is 199 Å². The molecule has 0 aliphatic carbocycles. The lowest BCUT2D eigenvalue weighted by molar-refractivity contribution is -0.132. The van der Waals surface area contributed by atoms with Crippen molar-refractivity contribution in [3.63, 3.8) is 0 Å². The van der Waals surface area contributed by atoms with Gasteiger partial charge in [-0.3, -0.25) is 9.89 Å². The molecule has 0 spiro atoms. The van der Waals surface area contributed by atoms with E-state index in [9.17, 15) is 10.1 Å². The van der Waals surface area contributed by atoms with Crippen molar-refractivity contribution in [2.45, 2.75) is 12.8 Å². The highest BCUT2D eigenvalue weighted by Gasteiger charge is 2.37. The van der Waals surface area contributed by atoms with E-state index in [1.807, 2.05) is 12.1 Å². The number of methoxy groups -OCH3 is 2. The van der Waals surface area contributed by atoms with Gasteiger partial charge < -0.3 is 34.2 Å². The molecule has 3 aromatic rings. The number of allylic oxidation sites excluding steroid dienone is 1. The average molecular weight is 476 g/mol. The number of nitrogens with two attached hydrogens (primary N) is 1. The molecule has 0 saturated heterocycles. The maximum Gasteiger partial charge on any atom is 0.308 e. The fourth-order valence-electron chi connectivity index (χ4n) is 4.16.